The summed E-state index contributed by atoms with van der Waals surface area (Å²) in [6, 6.07) is 7.22. The minimum absolute atomic E-state index is 0.330. The van der Waals surface area contributed by atoms with Crippen LogP contribution in [0.25, 0.3) is 11.3 Å². The monoisotopic (exact) mass is 333 g/mol. The topological polar surface area (TPSA) is 70.1 Å². The number of ether oxygens (including phenoxy) is 1. The Morgan fingerprint density at radius 3 is 2.65 bits per heavy atom. The number of benzene rings is 1. The number of rotatable bonds is 2. The molecule has 0 saturated heterocycles. The number of anilines is 1. The molecule has 0 unspecified atom stereocenters. The van der Waals surface area contributed by atoms with Gasteiger partial charge in [0.25, 0.3) is 0 Å². The first kappa shape index (κ1) is 15.9. The first-order chi connectivity index (χ1) is 10.8. The fraction of sp³-hybridized carbons (Fsp3) is 0.412. The molecule has 1 aliphatic carbocycles. The largest absolute Gasteiger partial charge is 0.442 e. The van der Waals surface area contributed by atoms with Gasteiger partial charge in [-0.05, 0) is 45.7 Å². The summed E-state index contributed by atoms with van der Waals surface area (Å²) in [5, 5.41) is 5.01. The van der Waals surface area contributed by atoms with Gasteiger partial charge in [0, 0.05) is 16.5 Å². The van der Waals surface area contributed by atoms with Gasteiger partial charge < -0.3 is 10.5 Å². The molecule has 0 atom stereocenters. The molecule has 6 heteroatoms. The highest BCUT2D eigenvalue weighted by molar-refractivity contribution is 6.30. The summed E-state index contributed by atoms with van der Waals surface area (Å²) in [5.74, 6) is 0.330. The normalized spacial score (nSPS) is 14.8. The van der Waals surface area contributed by atoms with Crippen LogP contribution in [0.4, 0.5) is 10.5 Å². The number of hydrogen-bond donors (Lipinski definition) is 1. The minimum atomic E-state index is -0.608. The van der Waals surface area contributed by atoms with E-state index >= 15 is 0 Å². The number of nitrogens with zero attached hydrogens (tertiary/aromatic N) is 2. The van der Waals surface area contributed by atoms with Crippen molar-refractivity contribution >= 4 is 23.4 Å². The van der Waals surface area contributed by atoms with E-state index in [-0.39, 0.29) is 0 Å². The fourth-order valence-electron chi connectivity index (χ4n) is 2.46. The molecular formula is C17H20ClN3O2. The minimum Gasteiger partial charge on any atom is -0.442 e. The standard InChI is InChI=1S/C17H20ClN3O2/c1-17(2,3)23-16(22)21-15(11-5-4-6-12(18)9-11)13(19)14(20-21)10-7-8-10/h4-6,9-10H,7-8,19H2,1-3H3. The van der Waals surface area contributed by atoms with Crippen LogP contribution in [-0.4, -0.2) is 21.5 Å². The molecular weight excluding hydrogens is 314 g/mol. The quantitative estimate of drug-likeness (QED) is 0.881. The molecule has 0 aliphatic heterocycles. The van der Waals surface area contributed by atoms with Gasteiger partial charge in [0.15, 0.2) is 0 Å². The van der Waals surface area contributed by atoms with E-state index < -0.39 is 11.7 Å². The number of carbonyl (C=O) groups is 1. The first-order valence-corrected chi connectivity index (χ1v) is 8.02. The zero-order valence-electron chi connectivity index (χ0n) is 13.5. The van der Waals surface area contributed by atoms with Crippen LogP contribution in [0.2, 0.25) is 5.02 Å². The molecule has 1 heterocycles. The number of carbonyl (C=O) groups excluding carboxylic acids is 1. The highest BCUT2D eigenvalue weighted by Gasteiger charge is 2.33. The molecule has 1 saturated carbocycles. The zero-order valence-corrected chi connectivity index (χ0v) is 14.2. The van der Waals surface area contributed by atoms with Crippen molar-refractivity contribution in [3.8, 4) is 11.3 Å². The van der Waals surface area contributed by atoms with Gasteiger partial charge in [-0.15, -0.1) is 0 Å². The molecule has 1 fully saturated rings. The van der Waals surface area contributed by atoms with Crippen molar-refractivity contribution < 1.29 is 9.53 Å². The molecule has 1 aromatic carbocycles. The average Bonchev–Trinajstić information content (AvgIpc) is 3.20. The van der Waals surface area contributed by atoms with Gasteiger partial charge in [0.2, 0.25) is 0 Å². The highest BCUT2D eigenvalue weighted by atomic mass is 35.5. The third-order valence-corrected chi connectivity index (χ3v) is 3.81. The maximum atomic E-state index is 12.5. The summed E-state index contributed by atoms with van der Waals surface area (Å²) in [6.07, 6.45) is 1.56. The molecule has 1 aliphatic rings. The fourth-order valence-corrected chi connectivity index (χ4v) is 2.65. The van der Waals surface area contributed by atoms with E-state index in [0.29, 0.717) is 22.3 Å². The Labute approximate surface area is 140 Å². The highest BCUT2D eigenvalue weighted by Crippen LogP contribution is 2.45. The lowest BCUT2D eigenvalue weighted by Crippen LogP contribution is -2.28. The van der Waals surface area contributed by atoms with E-state index in [0.717, 1.165) is 24.1 Å². The Bertz CT molecular complexity index is 758. The first-order valence-electron chi connectivity index (χ1n) is 7.64. The smallest absolute Gasteiger partial charge is 0.435 e. The van der Waals surface area contributed by atoms with Crippen molar-refractivity contribution in [1.29, 1.82) is 0 Å². The van der Waals surface area contributed by atoms with Crippen molar-refractivity contribution in [3.05, 3.63) is 35.0 Å². The molecule has 0 amide bonds. The third kappa shape index (κ3) is 3.34. The van der Waals surface area contributed by atoms with Crippen LogP contribution in [0.5, 0.6) is 0 Å². The molecule has 23 heavy (non-hydrogen) atoms. The number of aromatic nitrogens is 2. The number of halogens is 1. The number of nitrogen functional groups attached to an aromatic ring is 1. The Morgan fingerprint density at radius 2 is 2.09 bits per heavy atom. The second-order valence-corrected chi connectivity index (χ2v) is 7.26. The summed E-state index contributed by atoms with van der Waals surface area (Å²) >= 11 is 6.08. The van der Waals surface area contributed by atoms with Crippen LogP contribution in [-0.2, 0) is 4.74 Å². The van der Waals surface area contributed by atoms with E-state index in [4.69, 9.17) is 22.1 Å². The van der Waals surface area contributed by atoms with Gasteiger partial charge in [-0.25, -0.2) is 4.79 Å². The second-order valence-electron chi connectivity index (χ2n) is 6.82. The molecule has 0 spiro atoms. The van der Waals surface area contributed by atoms with Crippen LogP contribution in [0.1, 0.15) is 45.2 Å². The van der Waals surface area contributed by atoms with E-state index in [2.05, 4.69) is 5.10 Å². The van der Waals surface area contributed by atoms with Crippen molar-refractivity contribution in [2.45, 2.75) is 45.1 Å². The number of nitrogens with two attached hydrogens (primary N) is 1. The van der Waals surface area contributed by atoms with Gasteiger partial charge >= 0.3 is 6.09 Å². The molecule has 0 radical (unpaired) electrons. The summed E-state index contributed by atoms with van der Waals surface area (Å²) < 4.78 is 6.72. The Hall–Kier alpha value is -2.01. The van der Waals surface area contributed by atoms with Crippen LogP contribution < -0.4 is 5.73 Å². The summed E-state index contributed by atoms with van der Waals surface area (Å²) in [4.78, 5) is 12.5. The molecule has 0 bridgehead atoms. The summed E-state index contributed by atoms with van der Waals surface area (Å²) in [7, 11) is 0. The van der Waals surface area contributed by atoms with Gasteiger partial charge in [-0.1, -0.05) is 23.7 Å². The van der Waals surface area contributed by atoms with Crippen molar-refractivity contribution in [2.75, 3.05) is 5.73 Å². The predicted octanol–water partition coefficient (Wildman–Crippen LogP) is 4.45. The van der Waals surface area contributed by atoms with Gasteiger partial charge in [0.05, 0.1) is 11.4 Å². The lowest BCUT2D eigenvalue weighted by atomic mass is 10.1. The SMILES string of the molecule is CC(C)(C)OC(=O)n1nc(C2CC2)c(N)c1-c1cccc(Cl)c1. The van der Waals surface area contributed by atoms with Crippen molar-refractivity contribution in [1.82, 2.24) is 9.78 Å². The predicted molar refractivity (Wildman–Crippen MR) is 90.7 cm³/mol. The van der Waals surface area contributed by atoms with Crippen LogP contribution in [0.3, 0.4) is 0 Å². The van der Waals surface area contributed by atoms with E-state index in [1.165, 1.54) is 4.68 Å². The van der Waals surface area contributed by atoms with E-state index in [1.54, 1.807) is 12.1 Å². The van der Waals surface area contributed by atoms with Crippen molar-refractivity contribution in [3.63, 3.8) is 0 Å². The lowest BCUT2D eigenvalue weighted by molar-refractivity contribution is 0.0517. The molecule has 2 aromatic rings. The molecule has 1 aromatic heterocycles. The Kier molecular flexibility index (Phi) is 3.84. The van der Waals surface area contributed by atoms with Crippen LogP contribution in [0.15, 0.2) is 24.3 Å². The average molecular weight is 334 g/mol. The molecule has 122 valence electrons. The van der Waals surface area contributed by atoms with Gasteiger partial charge in [-0.3, -0.25) is 0 Å². The molecule has 5 nitrogen and oxygen atoms in total. The van der Waals surface area contributed by atoms with E-state index in [1.807, 2.05) is 32.9 Å². The molecule has 2 N–H and O–H groups in total. The Balaban J connectivity index is 2.11. The maximum Gasteiger partial charge on any atom is 0.435 e. The van der Waals surface area contributed by atoms with Gasteiger partial charge in [-0.2, -0.15) is 9.78 Å². The summed E-state index contributed by atoms with van der Waals surface area (Å²) in [6.45, 7) is 5.45. The van der Waals surface area contributed by atoms with Crippen LogP contribution in [0, 0.1) is 0 Å². The van der Waals surface area contributed by atoms with E-state index in [9.17, 15) is 4.79 Å². The maximum absolute atomic E-state index is 12.5. The second kappa shape index (κ2) is 5.57. The Morgan fingerprint density at radius 1 is 1.39 bits per heavy atom. The third-order valence-electron chi connectivity index (χ3n) is 3.58. The summed E-state index contributed by atoms with van der Waals surface area (Å²) in [5.41, 5.74) is 8.28. The number of hydrogen-bond acceptors (Lipinski definition) is 4. The van der Waals surface area contributed by atoms with Crippen molar-refractivity contribution in [2.24, 2.45) is 0 Å². The van der Waals surface area contributed by atoms with Gasteiger partial charge in [0.1, 0.15) is 11.3 Å². The zero-order chi connectivity index (χ0) is 16.8. The molecule has 3 rings (SSSR count). The lowest BCUT2D eigenvalue weighted by Gasteiger charge is -2.19. The van der Waals surface area contributed by atoms with Crippen LogP contribution >= 0.6 is 11.6 Å².